The summed E-state index contributed by atoms with van der Waals surface area (Å²) >= 11 is 0. The molecule has 2 N–H and O–H groups in total. The zero-order valence-corrected chi connectivity index (χ0v) is 15.4. The standard InChI is InChI=1S/C16H17N5O4S/c1-8-7-9(2)12(14(22)23)13(11(8)4)20-26(24,25)16-18-15-17-10(3)5-6-21(15)19-16/h5-7,20H,1-4H3,(H,22,23). The number of benzene rings is 1. The van der Waals surface area contributed by atoms with Crippen molar-refractivity contribution in [3.63, 3.8) is 0 Å². The molecule has 3 rings (SSSR count). The molecule has 0 bridgehead atoms. The molecule has 26 heavy (non-hydrogen) atoms. The molecule has 9 nitrogen and oxygen atoms in total. The summed E-state index contributed by atoms with van der Waals surface area (Å²) in [5.74, 6) is -1.08. The van der Waals surface area contributed by atoms with Gasteiger partial charge in [0.15, 0.2) is 0 Å². The fourth-order valence-corrected chi connectivity index (χ4v) is 3.64. The van der Waals surface area contributed by atoms with Crippen molar-refractivity contribution in [2.75, 3.05) is 4.72 Å². The van der Waals surface area contributed by atoms with Crippen molar-refractivity contribution >= 4 is 27.5 Å². The van der Waals surface area contributed by atoms with Gasteiger partial charge in [-0.15, -0.1) is 5.10 Å². The molecule has 0 spiro atoms. The molecule has 0 amide bonds. The zero-order chi connectivity index (χ0) is 19.2. The van der Waals surface area contributed by atoms with Crippen molar-refractivity contribution in [1.29, 1.82) is 0 Å². The molecule has 2 aromatic heterocycles. The summed E-state index contributed by atoms with van der Waals surface area (Å²) in [4.78, 5) is 19.7. The van der Waals surface area contributed by atoms with Gasteiger partial charge in [0, 0.05) is 11.9 Å². The van der Waals surface area contributed by atoms with E-state index in [1.165, 1.54) is 4.52 Å². The number of carboxylic acid groups (broad SMARTS) is 1. The topological polar surface area (TPSA) is 127 Å². The lowest BCUT2D eigenvalue weighted by molar-refractivity contribution is 0.0697. The van der Waals surface area contributed by atoms with Crippen LogP contribution in [0.15, 0.2) is 23.5 Å². The van der Waals surface area contributed by atoms with Gasteiger partial charge in [0.05, 0.1) is 11.3 Å². The number of aryl methyl sites for hydroxylation is 3. The third-order valence-corrected chi connectivity index (χ3v) is 5.19. The van der Waals surface area contributed by atoms with E-state index >= 15 is 0 Å². The normalized spacial score (nSPS) is 11.7. The highest BCUT2D eigenvalue weighted by molar-refractivity contribution is 7.92. The lowest BCUT2D eigenvalue weighted by Crippen LogP contribution is -2.19. The van der Waals surface area contributed by atoms with Gasteiger partial charge in [0.25, 0.3) is 21.0 Å². The van der Waals surface area contributed by atoms with Gasteiger partial charge in [-0.3, -0.25) is 4.72 Å². The van der Waals surface area contributed by atoms with E-state index in [0.717, 1.165) is 5.56 Å². The summed E-state index contributed by atoms with van der Waals surface area (Å²) in [7, 11) is -4.20. The van der Waals surface area contributed by atoms with Gasteiger partial charge in [0.2, 0.25) is 0 Å². The van der Waals surface area contributed by atoms with Crippen molar-refractivity contribution in [3.05, 3.63) is 46.3 Å². The molecule has 1 aromatic carbocycles. The Bertz CT molecular complexity index is 1150. The zero-order valence-electron chi connectivity index (χ0n) is 14.6. The molecule has 0 saturated carbocycles. The van der Waals surface area contributed by atoms with E-state index in [-0.39, 0.29) is 17.0 Å². The minimum absolute atomic E-state index is 0.0120. The molecule has 3 aromatic rings. The summed E-state index contributed by atoms with van der Waals surface area (Å²) in [6, 6.07) is 3.37. The first kappa shape index (κ1) is 17.8. The maximum absolute atomic E-state index is 12.7. The van der Waals surface area contributed by atoms with E-state index in [9.17, 15) is 18.3 Å². The number of fused-ring (bicyclic) bond motifs is 1. The average Bonchev–Trinajstić information content (AvgIpc) is 2.95. The van der Waals surface area contributed by atoms with Crippen LogP contribution in [0, 0.1) is 27.7 Å². The fourth-order valence-electron chi connectivity index (χ4n) is 2.63. The summed E-state index contributed by atoms with van der Waals surface area (Å²) < 4.78 is 29.1. The van der Waals surface area contributed by atoms with Gasteiger partial charge < -0.3 is 5.11 Å². The maximum Gasteiger partial charge on any atom is 0.338 e. The van der Waals surface area contributed by atoms with Crippen LogP contribution in [0.2, 0.25) is 0 Å². The number of aromatic carboxylic acids is 1. The molecular weight excluding hydrogens is 358 g/mol. The van der Waals surface area contributed by atoms with Crippen LogP contribution >= 0.6 is 0 Å². The Morgan fingerprint density at radius 3 is 2.50 bits per heavy atom. The van der Waals surface area contributed by atoms with E-state index in [2.05, 4.69) is 19.8 Å². The van der Waals surface area contributed by atoms with Crippen LogP contribution < -0.4 is 4.72 Å². The number of carbonyl (C=O) groups is 1. The van der Waals surface area contributed by atoms with Crippen LogP contribution in [-0.4, -0.2) is 39.1 Å². The fraction of sp³-hybridized carbons (Fsp3) is 0.250. The van der Waals surface area contributed by atoms with Crippen LogP contribution in [0.4, 0.5) is 5.69 Å². The predicted octanol–water partition coefficient (Wildman–Crippen LogP) is 1.86. The molecule has 10 heteroatoms. The molecular formula is C16H17N5O4S. The third-order valence-electron chi connectivity index (χ3n) is 4.06. The van der Waals surface area contributed by atoms with Crippen LogP contribution in [0.5, 0.6) is 0 Å². The number of sulfonamides is 1. The van der Waals surface area contributed by atoms with E-state index in [0.29, 0.717) is 16.8 Å². The Hall–Kier alpha value is -3.01. The second-order valence-corrected chi connectivity index (χ2v) is 7.58. The van der Waals surface area contributed by atoms with Crippen molar-refractivity contribution in [3.8, 4) is 0 Å². The van der Waals surface area contributed by atoms with Crippen LogP contribution in [0.25, 0.3) is 5.78 Å². The minimum Gasteiger partial charge on any atom is -0.478 e. The minimum atomic E-state index is -4.20. The van der Waals surface area contributed by atoms with Gasteiger partial charge in [-0.2, -0.15) is 13.4 Å². The Balaban J connectivity index is 2.13. The summed E-state index contributed by atoms with van der Waals surface area (Å²) in [6.07, 6.45) is 1.55. The molecule has 0 unspecified atom stereocenters. The smallest absolute Gasteiger partial charge is 0.338 e. The van der Waals surface area contributed by atoms with Crippen LogP contribution in [-0.2, 0) is 10.0 Å². The molecule has 136 valence electrons. The van der Waals surface area contributed by atoms with Gasteiger partial charge in [-0.1, -0.05) is 6.07 Å². The second-order valence-electron chi connectivity index (χ2n) is 6.00. The molecule has 0 radical (unpaired) electrons. The highest BCUT2D eigenvalue weighted by Crippen LogP contribution is 2.29. The predicted molar refractivity (Wildman–Crippen MR) is 93.9 cm³/mol. The van der Waals surface area contributed by atoms with Crippen molar-refractivity contribution < 1.29 is 18.3 Å². The SMILES string of the molecule is Cc1ccn2nc(S(=O)(=O)Nc3c(C)c(C)cc(C)c3C(=O)O)nc2n1. The van der Waals surface area contributed by atoms with Gasteiger partial charge >= 0.3 is 5.97 Å². The number of carboxylic acids is 1. The lowest BCUT2D eigenvalue weighted by Gasteiger charge is -2.16. The number of aromatic nitrogens is 4. The van der Waals surface area contributed by atoms with Gasteiger partial charge in [-0.25, -0.2) is 14.3 Å². The second kappa shape index (κ2) is 6.06. The first-order chi connectivity index (χ1) is 12.1. The largest absolute Gasteiger partial charge is 0.478 e. The first-order valence-corrected chi connectivity index (χ1v) is 9.15. The Morgan fingerprint density at radius 2 is 1.85 bits per heavy atom. The maximum atomic E-state index is 12.7. The highest BCUT2D eigenvalue weighted by Gasteiger charge is 2.26. The van der Waals surface area contributed by atoms with Crippen LogP contribution in [0.1, 0.15) is 32.7 Å². The quantitative estimate of drug-likeness (QED) is 0.712. The van der Waals surface area contributed by atoms with Crippen molar-refractivity contribution in [2.45, 2.75) is 32.9 Å². The summed E-state index contributed by atoms with van der Waals surface area (Å²) in [6.45, 7) is 6.80. The van der Waals surface area contributed by atoms with Gasteiger partial charge in [-0.05, 0) is 50.5 Å². The molecule has 0 atom stereocenters. The van der Waals surface area contributed by atoms with E-state index < -0.39 is 21.1 Å². The summed E-state index contributed by atoms with van der Waals surface area (Å²) in [5.41, 5.74) is 2.32. The summed E-state index contributed by atoms with van der Waals surface area (Å²) in [5, 5.41) is 12.9. The lowest BCUT2D eigenvalue weighted by atomic mass is 9.98. The first-order valence-electron chi connectivity index (χ1n) is 7.67. The number of hydrogen-bond donors (Lipinski definition) is 2. The average molecular weight is 375 g/mol. The molecule has 0 aliphatic heterocycles. The highest BCUT2D eigenvalue weighted by atomic mass is 32.2. The van der Waals surface area contributed by atoms with Crippen molar-refractivity contribution in [2.24, 2.45) is 0 Å². The molecule has 0 fully saturated rings. The Labute approximate surface area is 149 Å². The molecule has 2 heterocycles. The van der Waals surface area contributed by atoms with Gasteiger partial charge in [0.1, 0.15) is 0 Å². The number of anilines is 1. The number of rotatable bonds is 4. The number of nitrogens with zero attached hydrogens (tertiary/aromatic N) is 4. The van der Waals surface area contributed by atoms with E-state index in [1.807, 2.05) is 0 Å². The Kier molecular flexibility index (Phi) is 4.15. The molecule has 0 aliphatic rings. The number of hydrogen-bond acceptors (Lipinski definition) is 6. The molecule has 0 saturated heterocycles. The van der Waals surface area contributed by atoms with E-state index in [4.69, 9.17) is 0 Å². The third kappa shape index (κ3) is 2.99. The van der Waals surface area contributed by atoms with E-state index in [1.54, 1.807) is 46.0 Å². The van der Waals surface area contributed by atoms with Crippen molar-refractivity contribution in [1.82, 2.24) is 19.6 Å². The monoisotopic (exact) mass is 375 g/mol. The number of nitrogens with one attached hydrogen (secondary N) is 1. The molecule has 0 aliphatic carbocycles. The van der Waals surface area contributed by atoms with Crippen LogP contribution in [0.3, 0.4) is 0 Å². The Morgan fingerprint density at radius 1 is 1.15 bits per heavy atom.